The SMILES string of the molecule is CCC(O)c1csc(C(=O)c2cn(C(=O)OC(C)(C)C)c3ccccc23)n1. The molecule has 0 aliphatic carbocycles. The third-order valence-electron chi connectivity index (χ3n) is 3.99. The van der Waals surface area contributed by atoms with Gasteiger partial charge < -0.3 is 9.84 Å². The van der Waals surface area contributed by atoms with Gasteiger partial charge in [0.25, 0.3) is 0 Å². The molecular weight excluding hydrogens is 364 g/mol. The second kappa shape index (κ2) is 7.25. The summed E-state index contributed by atoms with van der Waals surface area (Å²) in [5.41, 5.74) is 0.818. The van der Waals surface area contributed by atoms with Gasteiger partial charge in [0.2, 0.25) is 5.78 Å². The summed E-state index contributed by atoms with van der Waals surface area (Å²) in [6.07, 6.45) is 0.790. The average Bonchev–Trinajstić information content (AvgIpc) is 3.24. The van der Waals surface area contributed by atoms with Crippen molar-refractivity contribution < 1.29 is 19.4 Å². The van der Waals surface area contributed by atoms with Gasteiger partial charge in [-0.3, -0.25) is 9.36 Å². The maximum atomic E-state index is 13.0. The fraction of sp³-hybridized carbons (Fsp3) is 0.350. The van der Waals surface area contributed by atoms with E-state index in [-0.39, 0.29) is 10.8 Å². The third kappa shape index (κ3) is 3.94. The number of hydrogen-bond acceptors (Lipinski definition) is 6. The number of carbonyl (C=O) groups is 2. The fourth-order valence-corrected chi connectivity index (χ4v) is 3.51. The van der Waals surface area contributed by atoms with E-state index in [1.165, 1.54) is 22.1 Å². The molecule has 0 aliphatic rings. The summed E-state index contributed by atoms with van der Waals surface area (Å²) < 4.78 is 6.80. The Hall–Kier alpha value is -2.51. The Morgan fingerprint density at radius 2 is 2.00 bits per heavy atom. The number of hydrogen-bond donors (Lipinski definition) is 1. The highest BCUT2D eigenvalue weighted by Gasteiger charge is 2.25. The van der Waals surface area contributed by atoms with E-state index in [1.54, 1.807) is 44.4 Å². The predicted molar refractivity (Wildman–Crippen MR) is 104 cm³/mol. The molecule has 0 bridgehead atoms. The van der Waals surface area contributed by atoms with Gasteiger partial charge in [-0.2, -0.15) is 0 Å². The van der Waals surface area contributed by atoms with Crippen molar-refractivity contribution in [1.82, 2.24) is 9.55 Å². The monoisotopic (exact) mass is 386 g/mol. The van der Waals surface area contributed by atoms with E-state index in [4.69, 9.17) is 4.74 Å². The molecule has 0 saturated heterocycles. The molecule has 1 aromatic carbocycles. The van der Waals surface area contributed by atoms with Gasteiger partial charge >= 0.3 is 6.09 Å². The molecule has 2 heterocycles. The number of ether oxygens (including phenoxy) is 1. The smallest absolute Gasteiger partial charge is 0.419 e. The Morgan fingerprint density at radius 1 is 1.30 bits per heavy atom. The van der Waals surface area contributed by atoms with Crippen LogP contribution in [0.3, 0.4) is 0 Å². The molecule has 27 heavy (non-hydrogen) atoms. The molecule has 6 nitrogen and oxygen atoms in total. The minimum atomic E-state index is -0.689. The van der Waals surface area contributed by atoms with E-state index in [0.29, 0.717) is 28.6 Å². The number of aliphatic hydroxyl groups excluding tert-OH is 1. The Kier molecular flexibility index (Phi) is 5.17. The number of para-hydroxylation sites is 1. The number of carbonyl (C=O) groups excluding carboxylic acids is 2. The maximum Gasteiger partial charge on any atom is 0.419 e. The Labute approximate surface area is 161 Å². The summed E-state index contributed by atoms with van der Waals surface area (Å²) in [6, 6.07) is 7.17. The van der Waals surface area contributed by atoms with Crippen LogP contribution in [0.2, 0.25) is 0 Å². The lowest BCUT2D eigenvalue weighted by Gasteiger charge is -2.19. The summed E-state index contributed by atoms with van der Waals surface area (Å²) in [7, 11) is 0. The summed E-state index contributed by atoms with van der Waals surface area (Å²) in [5.74, 6) is -0.284. The predicted octanol–water partition coefficient (Wildman–Crippen LogP) is 4.56. The molecule has 3 aromatic rings. The first-order valence-electron chi connectivity index (χ1n) is 8.73. The Morgan fingerprint density at radius 3 is 2.67 bits per heavy atom. The highest BCUT2D eigenvalue weighted by atomic mass is 32.1. The lowest BCUT2D eigenvalue weighted by Crippen LogP contribution is -2.26. The first kappa shape index (κ1) is 19.3. The molecule has 0 saturated carbocycles. The number of benzene rings is 1. The van der Waals surface area contributed by atoms with Gasteiger partial charge in [-0.05, 0) is 33.3 Å². The number of thiazole rings is 1. The van der Waals surface area contributed by atoms with Gasteiger partial charge in [-0.25, -0.2) is 9.78 Å². The van der Waals surface area contributed by atoms with Crippen molar-refractivity contribution in [2.24, 2.45) is 0 Å². The number of fused-ring (bicyclic) bond motifs is 1. The molecule has 1 N–H and O–H groups in total. The molecular formula is C20H22N2O4S. The molecule has 0 aliphatic heterocycles. The molecule has 0 amide bonds. The minimum Gasteiger partial charge on any atom is -0.443 e. The van der Waals surface area contributed by atoms with Crippen LogP contribution in [0.25, 0.3) is 10.9 Å². The zero-order valence-corrected chi connectivity index (χ0v) is 16.5. The van der Waals surface area contributed by atoms with Crippen molar-refractivity contribution in [2.75, 3.05) is 0 Å². The van der Waals surface area contributed by atoms with Gasteiger partial charge in [0.1, 0.15) is 5.60 Å². The van der Waals surface area contributed by atoms with Gasteiger partial charge in [0.05, 0.1) is 22.9 Å². The second-order valence-corrected chi connectivity index (χ2v) is 8.10. The van der Waals surface area contributed by atoms with Gasteiger partial charge in [-0.15, -0.1) is 11.3 Å². The summed E-state index contributed by atoms with van der Waals surface area (Å²) in [5, 5.41) is 12.5. The van der Waals surface area contributed by atoms with Crippen LogP contribution in [0.15, 0.2) is 35.8 Å². The van der Waals surface area contributed by atoms with E-state index in [2.05, 4.69) is 4.98 Å². The van der Waals surface area contributed by atoms with Crippen molar-refractivity contribution in [3.05, 3.63) is 52.1 Å². The first-order valence-corrected chi connectivity index (χ1v) is 9.61. The number of nitrogens with zero attached hydrogens (tertiary/aromatic N) is 2. The quantitative estimate of drug-likeness (QED) is 0.665. The number of rotatable bonds is 4. The van der Waals surface area contributed by atoms with E-state index in [1.807, 2.05) is 13.0 Å². The topological polar surface area (TPSA) is 81.4 Å². The standard InChI is InChI=1S/C20H22N2O4S/c1-5-16(23)14-11-27-18(21-14)17(24)13-10-22(19(25)26-20(2,3)4)15-9-7-6-8-12(13)15/h6-11,16,23H,5H2,1-4H3. The van der Waals surface area contributed by atoms with Crippen molar-refractivity contribution in [3.8, 4) is 0 Å². The molecule has 142 valence electrons. The highest BCUT2D eigenvalue weighted by Crippen LogP contribution is 2.27. The molecule has 1 atom stereocenters. The van der Waals surface area contributed by atoms with Crippen molar-refractivity contribution in [1.29, 1.82) is 0 Å². The lowest BCUT2D eigenvalue weighted by atomic mass is 10.1. The normalized spacial score (nSPS) is 12.9. The van der Waals surface area contributed by atoms with Crippen LogP contribution in [0.4, 0.5) is 4.79 Å². The molecule has 0 radical (unpaired) electrons. The van der Waals surface area contributed by atoms with Crippen LogP contribution >= 0.6 is 11.3 Å². The van der Waals surface area contributed by atoms with Crippen LogP contribution < -0.4 is 0 Å². The minimum absolute atomic E-state index is 0.282. The third-order valence-corrected chi connectivity index (χ3v) is 4.85. The summed E-state index contributed by atoms with van der Waals surface area (Å²) in [6.45, 7) is 7.22. The zero-order valence-electron chi connectivity index (χ0n) is 15.7. The van der Waals surface area contributed by atoms with Crippen LogP contribution in [0.5, 0.6) is 0 Å². The van der Waals surface area contributed by atoms with Crippen LogP contribution in [-0.4, -0.2) is 32.1 Å². The van der Waals surface area contributed by atoms with Crippen molar-refractivity contribution in [2.45, 2.75) is 45.8 Å². The average molecular weight is 386 g/mol. The number of aliphatic hydroxyl groups is 1. The second-order valence-electron chi connectivity index (χ2n) is 7.24. The van der Waals surface area contributed by atoms with E-state index < -0.39 is 17.8 Å². The van der Waals surface area contributed by atoms with Crippen molar-refractivity contribution >= 4 is 34.1 Å². The van der Waals surface area contributed by atoms with Crippen LogP contribution in [0, 0.1) is 0 Å². The molecule has 1 unspecified atom stereocenters. The highest BCUT2D eigenvalue weighted by molar-refractivity contribution is 7.12. The maximum absolute atomic E-state index is 13.0. The molecule has 7 heteroatoms. The summed E-state index contributed by atoms with van der Waals surface area (Å²) in [4.78, 5) is 29.8. The number of aromatic nitrogens is 2. The number of ketones is 1. The molecule has 0 spiro atoms. The van der Waals surface area contributed by atoms with Gasteiger partial charge in [0.15, 0.2) is 5.01 Å². The van der Waals surface area contributed by atoms with Crippen LogP contribution in [0.1, 0.15) is 61.3 Å². The Bertz CT molecular complexity index is 997. The van der Waals surface area contributed by atoms with E-state index in [9.17, 15) is 14.7 Å². The molecule has 3 rings (SSSR count). The van der Waals surface area contributed by atoms with E-state index >= 15 is 0 Å². The first-order chi connectivity index (χ1) is 12.7. The van der Waals surface area contributed by atoms with Crippen molar-refractivity contribution in [3.63, 3.8) is 0 Å². The van der Waals surface area contributed by atoms with Gasteiger partial charge in [-0.1, -0.05) is 25.1 Å². The zero-order chi connectivity index (χ0) is 19.8. The largest absolute Gasteiger partial charge is 0.443 e. The lowest BCUT2D eigenvalue weighted by molar-refractivity contribution is 0.0544. The van der Waals surface area contributed by atoms with Gasteiger partial charge in [0, 0.05) is 17.0 Å². The fourth-order valence-electron chi connectivity index (χ4n) is 2.69. The Balaban J connectivity index is 2.03. The summed E-state index contributed by atoms with van der Waals surface area (Å²) >= 11 is 1.19. The van der Waals surface area contributed by atoms with E-state index in [0.717, 1.165) is 0 Å². The molecule has 2 aromatic heterocycles. The van der Waals surface area contributed by atoms with Crippen LogP contribution in [-0.2, 0) is 4.74 Å². The molecule has 0 fully saturated rings.